The Hall–Kier alpha value is -0.920. The second kappa shape index (κ2) is 8.26. The van der Waals surface area contributed by atoms with Gasteiger partial charge in [0.2, 0.25) is 0 Å². The molecular weight excluding hydrogens is 380 g/mol. The first-order valence-electron chi connectivity index (χ1n) is 7.69. The molecule has 1 aromatic rings. The Morgan fingerprint density at radius 3 is 2.96 bits per heavy atom. The predicted octanol–water partition coefficient (Wildman–Crippen LogP) is 3.10. The third-order valence-corrected chi connectivity index (χ3v) is 5.57. The van der Waals surface area contributed by atoms with Crippen molar-refractivity contribution in [1.29, 1.82) is 0 Å². The number of likely N-dealkylation sites (N-methyl/N-ethyl adjacent to an activating group) is 1. The van der Waals surface area contributed by atoms with Crippen molar-refractivity contribution < 1.29 is 14.6 Å². The van der Waals surface area contributed by atoms with Crippen molar-refractivity contribution in [3.63, 3.8) is 0 Å². The zero-order valence-electron chi connectivity index (χ0n) is 13.7. The topological polar surface area (TPSA) is 61.8 Å². The summed E-state index contributed by atoms with van der Waals surface area (Å²) in [5.74, 6) is 0.0179. The summed E-state index contributed by atoms with van der Waals surface area (Å²) in [6, 6.07) is 2.12. The molecule has 0 unspecified atom stereocenters. The summed E-state index contributed by atoms with van der Waals surface area (Å²) in [6.07, 6.45) is 4.11. The van der Waals surface area contributed by atoms with Gasteiger partial charge < -0.3 is 15.2 Å². The quantitative estimate of drug-likeness (QED) is 0.715. The Morgan fingerprint density at radius 1 is 1.61 bits per heavy atom. The van der Waals surface area contributed by atoms with Crippen LogP contribution >= 0.6 is 27.7 Å². The monoisotopic (exact) mass is 402 g/mol. The van der Waals surface area contributed by atoms with Gasteiger partial charge in [0.25, 0.3) is 5.91 Å². The molecule has 128 valence electrons. The van der Waals surface area contributed by atoms with Gasteiger partial charge in [-0.05, 0) is 54.2 Å². The number of amides is 1. The van der Waals surface area contributed by atoms with Gasteiger partial charge in [0.15, 0.2) is 0 Å². The van der Waals surface area contributed by atoms with E-state index >= 15 is 0 Å². The van der Waals surface area contributed by atoms with E-state index in [0.717, 1.165) is 25.9 Å². The highest BCUT2D eigenvalue weighted by Crippen LogP contribution is 2.41. The number of likely N-dealkylation sites (tertiary alicyclic amines) is 1. The molecule has 2 rings (SSSR count). The van der Waals surface area contributed by atoms with Crippen LogP contribution in [-0.2, 0) is 0 Å². The number of hydrogen-bond acceptors (Lipinski definition) is 5. The largest absolute Gasteiger partial charge is 0.506 e. The second-order valence-corrected chi connectivity index (χ2v) is 7.15. The zero-order chi connectivity index (χ0) is 17.0. The Labute approximate surface area is 149 Å². The molecule has 5 nitrogen and oxygen atoms in total. The molecule has 1 aliphatic rings. The highest BCUT2D eigenvalue weighted by Gasteiger charge is 2.26. The number of thioether (sulfide) groups is 1. The number of rotatable bonds is 6. The van der Waals surface area contributed by atoms with Crippen LogP contribution in [0.25, 0.3) is 0 Å². The predicted molar refractivity (Wildman–Crippen MR) is 96.7 cm³/mol. The van der Waals surface area contributed by atoms with Crippen LogP contribution in [0.5, 0.6) is 11.5 Å². The molecule has 0 aliphatic carbocycles. The maximum Gasteiger partial charge on any atom is 0.258 e. The number of nitrogens with one attached hydrogen (secondary N) is 1. The van der Waals surface area contributed by atoms with Gasteiger partial charge in [-0.15, -0.1) is 11.8 Å². The number of aromatic hydroxyl groups is 1. The summed E-state index contributed by atoms with van der Waals surface area (Å²) in [7, 11) is 1.49. The van der Waals surface area contributed by atoms with Gasteiger partial charge in [0.1, 0.15) is 17.1 Å². The van der Waals surface area contributed by atoms with Gasteiger partial charge in [-0.2, -0.15) is 0 Å². The van der Waals surface area contributed by atoms with Crippen molar-refractivity contribution in [1.82, 2.24) is 10.2 Å². The van der Waals surface area contributed by atoms with Gasteiger partial charge in [-0.1, -0.05) is 6.92 Å². The first-order valence-corrected chi connectivity index (χ1v) is 9.70. The zero-order valence-corrected chi connectivity index (χ0v) is 16.1. The Bertz CT molecular complexity index is 583. The first kappa shape index (κ1) is 18.4. The molecule has 23 heavy (non-hydrogen) atoms. The van der Waals surface area contributed by atoms with E-state index in [0.29, 0.717) is 27.7 Å². The van der Waals surface area contributed by atoms with Crippen molar-refractivity contribution in [3.8, 4) is 11.5 Å². The van der Waals surface area contributed by atoms with E-state index in [-0.39, 0.29) is 17.2 Å². The van der Waals surface area contributed by atoms with Crippen LogP contribution in [0.3, 0.4) is 0 Å². The molecule has 0 radical (unpaired) electrons. The molecule has 1 fully saturated rings. The lowest BCUT2D eigenvalue weighted by molar-refractivity contribution is 0.0935. The average molecular weight is 403 g/mol. The summed E-state index contributed by atoms with van der Waals surface area (Å²) < 4.78 is 5.96. The number of carbonyl (C=O) groups is 1. The van der Waals surface area contributed by atoms with Crippen molar-refractivity contribution in [2.45, 2.75) is 30.7 Å². The molecule has 0 bridgehead atoms. The SMILES string of the molecule is CCN1CCC[C@H]1CNC(=O)c1c(O)c(SC)cc(Br)c1OC. The Morgan fingerprint density at radius 2 is 2.35 bits per heavy atom. The molecule has 0 spiro atoms. The minimum absolute atomic E-state index is 0.0335. The molecule has 1 atom stereocenters. The Kier molecular flexibility index (Phi) is 6.61. The normalized spacial score (nSPS) is 18.2. The number of benzene rings is 1. The molecule has 0 aromatic heterocycles. The van der Waals surface area contributed by atoms with Crippen molar-refractivity contribution in [3.05, 3.63) is 16.1 Å². The van der Waals surface area contributed by atoms with Gasteiger partial charge in [-0.3, -0.25) is 9.69 Å². The molecular formula is C16H23BrN2O3S. The number of nitrogens with zero attached hydrogens (tertiary/aromatic N) is 1. The van der Waals surface area contributed by atoms with Crippen LogP contribution in [-0.4, -0.2) is 55.0 Å². The lowest BCUT2D eigenvalue weighted by atomic mass is 10.1. The number of ether oxygens (including phenoxy) is 1. The second-order valence-electron chi connectivity index (χ2n) is 5.45. The lowest BCUT2D eigenvalue weighted by Gasteiger charge is -2.23. The van der Waals surface area contributed by atoms with Crippen LogP contribution in [0.4, 0.5) is 0 Å². The Balaban J connectivity index is 2.19. The number of phenols is 1. The van der Waals surface area contributed by atoms with E-state index in [1.807, 2.05) is 6.26 Å². The van der Waals surface area contributed by atoms with Crippen LogP contribution in [0, 0.1) is 0 Å². The van der Waals surface area contributed by atoms with Gasteiger partial charge in [-0.25, -0.2) is 0 Å². The van der Waals surface area contributed by atoms with Crippen LogP contribution in [0.1, 0.15) is 30.1 Å². The number of methoxy groups -OCH3 is 1. The fraction of sp³-hybridized carbons (Fsp3) is 0.562. The molecule has 1 amide bonds. The smallest absolute Gasteiger partial charge is 0.258 e. The summed E-state index contributed by atoms with van der Waals surface area (Å²) in [4.78, 5) is 15.6. The highest BCUT2D eigenvalue weighted by atomic mass is 79.9. The fourth-order valence-electron chi connectivity index (χ4n) is 3.01. The third-order valence-electron chi connectivity index (χ3n) is 4.23. The van der Waals surface area contributed by atoms with Crippen molar-refractivity contribution in [2.24, 2.45) is 0 Å². The summed E-state index contributed by atoms with van der Waals surface area (Å²) in [6.45, 7) is 4.78. The number of phenolic OH excluding ortho intramolecular Hbond substituents is 1. The van der Waals surface area contributed by atoms with Crippen LogP contribution in [0.2, 0.25) is 0 Å². The fourth-order valence-corrected chi connectivity index (χ4v) is 4.28. The summed E-state index contributed by atoms with van der Waals surface area (Å²) in [5, 5.41) is 13.3. The third kappa shape index (κ3) is 3.95. The average Bonchev–Trinajstić information content (AvgIpc) is 3.01. The van der Waals surface area contributed by atoms with E-state index in [4.69, 9.17) is 4.74 Å². The number of halogens is 1. The van der Waals surface area contributed by atoms with E-state index in [1.54, 1.807) is 6.07 Å². The number of carbonyl (C=O) groups excluding carboxylic acids is 1. The molecule has 1 heterocycles. The molecule has 1 aromatic carbocycles. The molecule has 1 saturated heterocycles. The minimum atomic E-state index is -0.307. The standard InChI is InChI=1S/C16H23BrN2O3S/c1-4-19-7-5-6-10(19)9-18-16(21)13-14(20)12(23-3)8-11(17)15(13)22-2/h8,10,20H,4-7,9H2,1-3H3,(H,18,21)/t10-/m0/s1. The van der Waals surface area contributed by atoms with E-state index in [1.165, 1.54) is 18.9 Å². The lowest BCUT2D eigenvalue weighted by Crippen LogP contribution is -2.40. The van der Waals surface area contributed by atoms with E-state index in [9.17, 15) is 9.90 Å². The van der Waals surface area contributed by atoms with E-state index < -0.39 is 0 Å². The minimum Gasteiger partial charge on any atom is -0.506 e. The van der Waals surface area contributed by atoms with Crippen molar-refractivity contribution >= 4 is 33.6 Å². The first-order chi connectivity index (χ1) is 11.0. The van der Waals surface area contributed by atoms with Crippen LogP contribution in [0.15, 0.2) is 15.4 Å². The van der Waals surface area contributed by atoms with E-state index in [2.05, 4.69) is 33.1 Å². The van der Waals surface area contributed by atoms with Gasteiger partial charge in [0.05, 0.1) is 16.5 Å². The van der Waals surface area contributed by atoms with Gasteiger partial charge >= 0.3 is 0 Å². The summed E-state index contributed by atoms with van der Waals surface area (Å²) in [5.41, 5.74) is 0.187. The van der Waals surface area contributed by atoms with Gasteiger partial charge in [0, 0.05) is 12.6 Å². The molecule has 1 aliphatic heterocycles. The maximum atomic E-state index is 12.6. The molecule has 0 saturated carbocycles. The molecule has 2 N–H and O–H groups in total. The number of hydrogen-bond donors (Lipinski definition) is 2. The summed E-state index contributed by atoms with van der Waals surface area (Å²) >= 11 is 4.79. The van der Waals surface area contributed by atoms with Crippen molar-refractivity contribution in [2.75, 3.05) is 33.0 Å². The molecule has 7 heteroatoms. The van der Waals surface area contributed by atoms with Crippen LogP contribution < -0.4 is 10.1 Å². The highest BCUT2D eigenvalue weighted by molar-refractivity contribution is 9.10. The maximum absolute atomic E-state index is 12.6.